The Kier molecular flexibility index (Phi) is 4.63. The van der Waals surface area contributed by atoms with Gasteiger partial charge in [-0.05, 0) is 11.6 Å². The van der Waals surface area contributed by atoms with Gasteiger partial charge < -0.3 is 5.11 Å². The van der Waals surface area contributed by atoms with E-state index in [0.29, 0.717) is 21.8 Å². The van der Waals surface area contributed by atoms with E-state index in [-0.39, 0.29) is 11.3 Å². The molecule has 1 saturated heterocycles. The fourth-order valence-corrected chi connectivity index (χ4v) is 3.50. The number of hydrogen-bond acceptors (Lipinski definition) is 5. The summed E-state index contributed by atoms with van der Waals surface area (Å²) in [4.78, 5) is 34.9. The van der Waals surface area contributed by atoms with Gasteiger partial charge in [0.1, 0.15) is 12.1 Å². The molecule has 1 unspecified atom stereocenters. The summed E-state index contributed by atoms with van der Waals surface area (Å²) in [5, 5.41) is 11.3. The Morgan fingerprint density at radius 2 is 1.61 bits per heavy atom. The number of carbonyl (C=O) groups excluding carboxylic acids is 2. The molecule has 0 saturated carbocycles. The van der Waals surface area contributed by atoms with Crippen molar-refractivity contribution in [2.24, 2.45) is 0 Å². The molecular formula is C21H14ClN3O3. The molecule has 1 aliphatic rings. The fraction of sp³-hybridized carbons (Fsp3) is 0.0476. The van der Waals surface area contributed by atoms with Gasteiger partial charge in [-0.25, -0.2) is 9.97 Å². The summed E-state index contributed by atoms with van der Waals surface area (Å²) in [7, 11) is 0. The lowest BCUT2D eigenvalue weighted by Gasteiger charge is -2.25. The number of Topliss-reactive ketones (excluding diaryl/α,β-unsaturated/α-hetero) is 1. The van der Waals surface area contributed by atoms with Gasteiger partial charge in [0.05, 0.1) is 29.7 Å². The van der Waals surface area contributed by atoms with E-state index in [4.69, 9.17) is 11.6 Å². The summed E-state index contributed by atoms with van der Waals surface area (Å²) in [5.41, 5.74) is 1.25. The van der Waals surface area contributed by atoms with Gasteiger partial charge >= 0.3 is 0 Å². The summed E-state index contributed by atoms with van der Waals surface area (Å²) in [6.45, 7) is 0. The molecule has 0 aliphatic carbocycles. The Hall–Kier alpha value is -3.51. The van der Waals surface area contributed by atoms with Gasteiger partial charge in [-0.3, -0.25) is 14.5 Å². The summed E-state index contributed by atoms with van der Waals surface area (Å²) in [6.07, 6.45) is 4.20. The maximum absolute atomic E-state index is 12.9. The Morgan fingerprint density at radius 3 is 2.29 bits per heavy atom. The van der Waals surface area contributed by atoms with Crippen LogP contribution in [0.3, 0.4) is 0 Å². The first kappa shape index (κ1) is 17.9. The zero-order valence-corrected chi connectivity index (χ0v) is 15.2. The number of carbonyl (C=O) groups is 2. The van der Waals surface area contributed by atoms with Crippen LogP contribution in [-0.2, 0) is 9.59 Å². The van der Waals surface area contributed by atoms with Crippen molar-refractivity contribution in [2.75, 3.05) is 4.90 Å². The van der Waals surface area contributed by atoms with Crippen molar-refractivity contribution in [1.82, 2.24) is 9.97 Å². The van der Waals surface area contributed by atoms with Crippen molar-refractivity contribution < 1.29 is 14.7 Å². The minimum Gasteiger partial charge on any atom is -0.507 e. The number of amides is 1. The molecular weight excluding hydrogens is 378 g/mol. The Balaban J connectivity index is 1.98. The van der Waals surface area contributed by atoms with E-state index in [2.05, 4.69) is 9.97 Å². The quantitative estimate of drug-likeness (QED) is 0.417. The minimum atomic E-state index is -0.903. The number of benzene rings is 2. The highest BCUT2D eigenvalue weighted by Crippen LogP contribution is 2.43. The van der Waals surface area contributed by atoms with Crippen molar-refractivity contribution in [3.63, 3.8) is 0 Å². The van der Waals surface area contributed by atoms with Gasteiger partial charge in [0.2, 0.25) is 0 Å². The van der Waals surface area contributed by atoms with E-state index < -0.39 is 17.7 Å². The van der Waals surface area contributed by atoms with Gasteiger partial charge in [0.15, 0.2) is 0 Å². The molecule has 3 aromatic rings. The predicted octanol–water partition coefficient (Wildman–Crippen LogP) is 3.76. The standard InChI is InChI=1S/C21H14ClN3O3/c22-16-9-5-4-8-15(16)18-17(19(26)13-6-2-1-3-7-13)20(27)21(28)25(18)14-10-23-12-24-11-14/h1-12,18,26H. The first-order valence-corrected chi connectivity index (χ1v) is 8.83. The lowest BCUT2D eigenvalue weighted by atomic mass is 9.95. The molecule has 2 heterocycles. The van der Waals surface area contributed by atoms with Crippen molar-refractivity contribution in [1.29, 1.82) is 0 Å². The van der Waals surface area contributed by atoms with Crippen LogP contribution in [0.5, 0.6) is 0 Å². The van der Waals surface area contributed by atoms with E-state index in [1.807, 2.05) is 0 Å². The SMILES string of the molecule is O=C1C(=O)N(c2cncnc2)C(c2ccccc2Cl)C1=C(O)c1ccccc1. The average Bonchev–Trinajstić information content (AvgIpc) is 3.00. The summed E-state index contributed by atoms with van der Waals surface area (Å²) in [5.74, 6) is -1.84. The van der Waals surface area contributed by atoms with Crippen molar-refractivity contribution in [2.45, 2.75) is 6.04 Å². The molecule has 1 atom stereocenters. The van der Waals surface area contributed by atoms with Crippen LogP contribution in [0.15, 0.2) is 78.9 Å². The molecule has 1 aliphatic heterocycles. The van der Waals surface area contributed by atoms with Crippen molar-refractivity contribution in [3.8, 4) is 0 Å². The number of aliphatic hydroxyl groups excluding tert-OH is 1. The van der Waals surface area contributed by atoms with Gasteiger partial charge in [-0.2, -0.15) is 0 Å². The van der Waals surface area contributed by atoms with Gasteiger partial charge in [-0.1, -0.05) is 60.1 Å². The molecule has 0 spiro atoms. The van der Waals surface area contributed by atoms with Crippen LogP contribution < -0.4 is 4.90 Å². The van der Waals surface area contributed by atoms with Crippen molar-refractivity contribution in [3.05, 3.63) is 95.0 Å². The second-order valence-electron chi connectivity index (χ2n) is 6.15. The third-order valence-corrected chi connectivity index (χ3v) is 4.86. The lowest BCUT2D eigenvalue weighted by molar-refractivity contribution is -0.132. The molecule has 6 nitrogen and oxygen atoms in total. The lowest BCUT2D eigenvalue weighted by Crippen LogP contribution is -2.29. The van der Waals surface area contributed by atoms with Crippen LogP contribution in [0.4, 0.5) is 5.69 Å². The van der Waals surface area contributed by atoms with E-state index in [9.17, 15) is 14.7 Å². The Labute approximate surface area is 165 Å². The van der Waals surface area contributed by atoms with Gasteiger partial charge in [-0.15, -0.1) is 0 Å². The highest BCUT2D eigenvalue weighted by Gasteiger charge is 2.47. The maximum Gasteiger partial charge on any atom is 0.300 e. The van der Waals surface area contributed by atoms with Gasteiger partial charge in [0, 0.05) is 10.6 Å². The molecule has 1 N–H and O–H groups in total. The van der Waals surface area contributed by atoms with E-state index >= 15 is 0 Å². The summed E-state index contributed by atoms with van der Waals surface area (Å²) < 4.78 is 0. The van der Waals surface area contributed by atoms with Crippen LogP contribution in [0.25, 0.3) is 5.76 Å². The zero-order chi connectivity index (χ0) is 19.7. The molecule has 0 radical (unpaired) electrons. The second kappa shape index (κ2) is 7.25. The number of halogens is 1. The third kappa shape index (κ3) is 2.93. The van der Waals surface area contributed by atoms with Crippen LogP contribution in [-0.4, -0.2) is 26.8 Å². The number of rotatable bonds is 3. The average molecular weight is 392 g/mol. The maximum atomic E-state index is 12.9. The molecule has 1 amide bonds. The summed E-state index contributed by atoms with van der Waals surface area (Å²) in [6, 6.07) is 14.6. The largest absolute Gasteiger partial charge is 0.507 e. The molecule has 0 bridgehead atoms. The number of ketones is 1. The highest BCUT2D eigenvalue weighted by atomic mass is 35.5. The molecule has 28 heavy (non-hydrogen) atoms. The van der Waals surface area contributed by atoms with E-state index in [1.54, 1.807) is 54.6 Å². The number of hydrogen-bond donors (Lipinski definition) is 1. The van der Waals surface area contributed by atoms with Crippen LogP contribution in [0.2, 0.25) is 5.02 Å². The monoisotopic (exact) mass is 391 g/mol. The third-order valence-electron chi connectivity index (χ3n) is 4.52. The predicted molar refractivity (Wildman–Crippen MR) is 105 cm³/mol. The molecule has 4 rings (SSSR count). The molecule has 1 fully saturated rings. The first-order valence-electron chi connectivity index (χ1n) is 8.45. The van der Waals surface area contributed by atoms with Crippen LogP contribution in [0.1, 0.15) is 17.2 Å². The molecule has 2 aromatic carbocycles. The zero-order valence-electron chi connectivity index (χ0n) is 14.5. The molecule has 7 heteroatoms. The van der Waals surface area contributed by atoms with Crippen molar-refractivity contribution >= 4 is 34.7 Å². The highest BCUT2D eigenvalue weighted by molar-refractivity contribution is 6.52. The minimum absolute atomic E-state index is 0.0341. The molecule has 138 valence electrons. The first-order chi connectivity index (χ1) is 13.6. The summed E-state index contributed by atoms with van der Waals surface area (Å²) >= 11 is 6.38. The number of aromatic nitrogens is 2. The van der Waals surface area contributed by atoms with E-state index in [1.165, 1.54) is 23.6 Å². The van der Waals surface area contributed by atoms with Crippen LogP contribution in [0, 0.1) is 0 Å². The topological polar surface area (TPSA) is 83.4 Å². The normalized spacial score (nSPS) is 18.5. The number of anilines is 1. The smallest absolute Gasteiger partial charge is 0.300 e. The van der Waals surface area contributed by atoms with E-state index in [0.717, 1.165) is 0 Å². The number of aliphatic hydroxyl groups is 1. The Bertz CT molecular complexity index is 1080. The fourth-order valence-electron chi connectivity index (χ4n) is 3.26. The van der Waals surface area contributed by atoms with Crippen LogP contribution >= 0.6 is 11.6 Å². The van der Waals surface area contributed by atoms with Gasteiger partial charge in [0.25, 0.3) is 11.7 Å². The molecule has 1 aromatic heterocycles. The second-order valence-corrected chi connectivity index (χ2v) is 6.56. The Morgan fingerprint density at radius 1 is 0.964 bits per heavy atom. The number of nitrogens with zero attached hydrogens (tertiary/aromatic N) is 3.